The molecule has 1 aromatic heterocycles. The van der Waals surface area contributed by atoms with E-state index >= 15 is 0 Å². The Morgan fingerprint density at radius 3 is 2.62 bits per heavy atom. The van der Waals surface area contributed by atoms with Crippen LogP contribution in [-0.2, 0) is 24.3 Å². The number of hydrogen-bond donors (Lipinski definition) is 0. The van der Waals surface area contributed by atoms with E-state index in [0.717, 1.165) is 35.7 Å². The number of aromatic nitrogens is 2. The maximum Gasteiger partial charge on any atom is 0.223 e. The van der Waals surface area contributed by atoms with Crippen LogP contribution in [0.3, 0.4) is 0 Å². The van der Waals surface area contributed by atoms with Gasteiger partial charge in [0.25, 0.3) is 0 Å². The Morgan fingerprint density at radius 2 is 1.93 bits per heavy atom. The van der Waals surface area contributed by atoms with Crippen LogP contribution in [0.25, 0.3) is 0 Å². The summed E-state index contributed by atoms with van der Waals surface area (Å²) < 4.78 is 13.3. The normalized spacial score (nSPS) is 13.0. The first kappa shape index (κ1) is 21.2. The fourth-order valence-electron chi connectivity index (χ4n) is 3.79. The van der Waals surface area contributed by atoms with Crippen molar-refractivity contribution in [1.82, 2.24) is 14.7 Å². The molecule has 6 nitrogen and oxygen atoms in total. The molecule has 0 aliphatic carbocycles. The van der Waals surface area contributed by atoms with Crippen LogP contribution in [0.1, 0.15) is 49.7 Å². The van der Waals surface area contributed by atoms with Crippen molar-refractivity contribution in [3.63, 3.8) is 0 Å². The molecule has 1 aromatic carbocycles. The Balaban J connectivity index is 1.63. The molecular weight excluding hydrogens is 366 g/mol. The summed E-state index contributed by atoms with van der Waals surface area (Å²) >= 11 is 0. The Bertz CT molecular complexity index is 857. The minimum atomic E-state index is 0.165. The predicted octanol–water partition coefficient (Wildman–Crippen LogP) is 3.91. The highest BCUT2D eigenvalue weighted by Crippen LogP contribution is 2.31. The maximum atomic E-state index is 12.9. The Hall–Kier alpha value is -2.50. The molecule has 1 aliphatic heterocycles. The minimum Gasteiger partial charge on any atom is -0.486 e. The van der Waals surface area contributed by atoms with Gasteiger partial charge in [-0.3, -0.25) is 9.48 Å². The van der Waals surface area contributed by atoms with Gasteiger partial charge in [0.15, 0.2) is 11.5 Å². The Morgan fingerprint density at radius 1 is 1.21 bits per heavy atom. The van der Waals surface area contributed by atoms with Crippen molar-refractivity contribution in [3.8, 4) is 11.5 Å². The summed E-state index contributed by atoms with van der Waals surface area (Å²) in [7, 11) is 0. The fourth-order valence-corrected chi connectivity index (χ4v) is 3.79. The van der Waals surface area contributed by atoms with Crippen molar-refractivity contribution in [2.75, 3.05) is 19.8 Å². The van der Waals surface area contributed by atoms with Gasteiger partial charge in [-0.1, -0.05) is 19.9 Å². The van der Waals surface area contributed by atoms with Crippen LogP contribution >= 0.6 is 0 Å². The lowest BCUT2D eigenvalue weighted by molar-refractivity contribution is -0.131. The van der Waals surface area contributed by atoms with E-state index in [1.165, 1.54) is 11.3 Å². The average Bonchev–Trinajstić information content (AvgIpc) is 2.96. The van der Waals surface area contributed by atoms with Crippen LogP contribution in [0.2, 0.25) is 0 Å². The monoisotopic (exact) mass is 399 g/mol. The first-order valence-corrected chi connectivity index (χ1v) is 10.6. The number of aryl methyl sites for hydroxylation is 1. The van der Waals surface area contributed by atoms with Gasteiger partial charge in [-0.25, -0.2) is 0 Å². The highest BCUT2D eigenvalue weighted by molar-refractivity contribution is 5.76. The standard InChI is InChI=1S/C23H33N3O3/c1-6-25(15-19-7-9-21-22(13-19)29-12-11-28-21)23(27)10-8-20-17(4)24-26(18(20)5)14-16(2)3/h7,9,13,16H,6,8,10-12,14-15H2,1-5H3. The van der Waals surface area contributed by atoms with Gasteiger partial charge in [0.2, 0.25) is 5.91 Å². The van der Waals surface area contributed by atoms with Crippen molar-refractivity contribution in [1.29, 1.82) is 0 Å². The van der Waals surface area contributed by atoms with E-state index < -0.39 is 0 Å². The largest absolute Gasteiger partial charge is 0.486 e. The Kier molecular flexibility index (Phi) is 6.83. The van der Waals surface area contributed by atoms with E-state index in [-0.39, 0.29) is 5.91 Å². The number of nitrogens with zero attached hydrogens (tertiary/aromatic N) is 3. The van der Waals surface area contributed by atoms with Crippen LogP contribution in [0.5, 0.6) is 11.5 Å². The van der Waals surface area contributed by atoms with Crippen molar-refractivity contribution in [2.24, 2.45) is 5.92 Å². The molecule has 6 heteroatoms. The molecule has 158 valence electrons. The van der Waals surface area contributed by atoms with Gasteiger partial charge < -0.3 is 14.4 Å². The number of fused-ring (bicyclic) bond motifs is 1. The summed E-state index contributed by atoms with van der Waals surface area (Å²) in [6.07, 6.45) is 1.22. The van der Waals surface area contributed by atoms with Gasteiger partial charge in [-0.15, -0.1) is 0 Å². The summed E-state index contributed by atoms with van der Waals surface area (Å²) in [6, 6.07) is 5.92. The lowest BCUT2D eigenvalue weighted by atomic mass is 10.1. The highest BCUT2D eigenvalue weighted by Gasteiger charge is 2.18. The molecule has 0 spiro atoms. The summed E-state index contributed by atoms with van der Waals surface area (Å²) in [5.41, 5.74) is 4.47. The van der Waals surface area contributed by atoms with E-state index in [9.17, 15) is 4.79 Å². The third-order valence-corrected chi connectivity index (χ3v) is 5.37. The molecule has 2 heterocycles. The van der Waals surface area contributed by atoms with E-state index in [1.807, 2.05) is 36.9 Å². The van der Waals surface area contributed by atoms with Gasteiger partial charge in [0, 0.05) is 31.7 Å². The van der Waals surface area contributed by atoms with Crippen molar-refractivity contribution < 1.29 is 14.3 Å². The molecule has 0 atom stereocenters. The fraction of sp³-hybridized carbons (Fsp3) is 0.565. The predicted molar refractivity (Wildman–Crippen MR) is 113 cm³/mol. The zero-order valence-electron chi connectivity index (χ0n) is 18.3. The van der Waals surface area contributed by atoms with Crippen molar-refractivity contribution in [2.45, 2.75) is 60.5 Å². The number of amides is 1. The lowest BCUT2D eigenvalue weighted by Gasteiger charge is -2.23. The van der Waals surface area contributed by atoms with Gasteiger partial charge in [0.1, 0.15) is 13.2 Å². The molecule has 0 unspecified atom stereocenters. The molecule has 1 aliphatic rings. The van der Waals surface area contributed by atoms with Gasteiger partial charge in [-0.05, 0) is 56.4 Å². The third kappa shape index (κ3) is 5.11. The summed E-state index contributed by atoms with van der Waals surface area (Å²) in [4.78, 5) is 14.8. The zero-order chi connectivity index (χ0) is 21.0. The van der Waals surface area contributed by atoms with E-state index in [1.54, 1.807) is 0 Å². The summed E-state index contributed by atoms with van der Waals surface area (Å²) in [5, 5.41) is 4.67. The van der Waals surface area contributed by atoms with Crippen molar-refractivity contribution in [3.05, 3.63) is 40.7 Å². The number of hydrogen-bond acceptors (Lipinski definition) is 4. The van der Waals surface area contributed by atoms with Crippen molar-refractivity contribution >= 4 is 5.91 Å². The third-order valence-electron chi connectivity index (χ3n) is 5.37. The molecule has 2 aromatic rings. The van der Waals surface area contributed by atoms with E-state index in [0.29, 0.717) is 38.6 Å². The molecular formula is C23H33N3O3. The number of ether oxygens (including phenoxy) is 2. The van der Waals surface area contributed by atoms with Crippen LogP contribution in [0, 0.1) is 19.8 Å². The molecule has 0 fully saturated rings. The molecule has 0 radical (unpaired) electrons. The Labute approximate surface area is 173 Å². The number of benzene rings is 1. The zero-order valence-corrected chi connectivity index (χ0v) is 18.3. The maximum absolute atomic E-state index is 12.9. The number of rotatable bonds is 8. The summed E-state index contributed by atoms with van der Waals surface area (Å²) in [6.45, 7) is 13.9. The average molecular weight is 400 g/mol. The quantitative estimate of drug-likeness (QED) is 0.675. The van der Waals surface area contributed by atoms with Crippen LogP contribution in [0.15, 0.2) is 18.2 Å². The smallest absolute Gasteiger partial charge is 0.223 e. The SMILES string of the molecule is CCN(Cc1ccc2c(c1)OCCO2)C(=O)CCc1c(C)nn(CC(C)C)c1C. The first-order chi connectivity index (χ1) is 13.9. The molecule has 0 N–H and O–H groups in total. The molecule has 1 amide bonds. The van der Waals surface area contributed by atoms with Gasteiger partial charge >= 0.3 is 0 Å². The highest BCUT2D eigenvalue weighted by atomic mass is 16.6. The second-order valence-electron chi connectivity index (χ2n) is 8.11. The van der Waals surface area contributed by atoms with Gasteiger partial charge in [0.05, 0.1) is 5.69 Å². The van der Waals surface area contributed by atoms with Crippen LogP contribution in [-0.4, -0.2) is 40.3 Å². The van der Waals surface area contributed by atoms with Crippen LogP contribution in [0.4, 0.5) is 0 Å². The number of carbonyl (C=O) groups excluding carboxylic acids is 1. The molecule has 0 bridgehead atoms. The number of carbonyl (C=O) groups is 1. The van der Waals surface area contributed by atoms with E-state index in [4.69, 9.17) is 9.47 Å². The molecule has 29 heavy (non-hydrogen) atoms. The second kappa shape index (κ2) is 9.33. The minimum absolute atomic E-state index is 0.165. The topological polar surface area (TPSA) is 56.6 Å². The lowest BCUT2D eigenvalue weighted by Crippen LogP contribution is -2.30. The first-order valence-electron chi connectivity index (χ1n) is 10.6. The molecule has 0 saturated heterocycles. The van der Waals surface area contributed by atoms with Crippen LogP contribution < -0.4 is 9.47 Å². The summed E-state index contributed by atoms with van der Waals surface area (Å²) in [5.74, 6) is 2.25. The van der Waals surface area contributed by atoms with E-state index in [2.05, 4.69) is 30.6 Å². The molecule has 0 saturated carbocycles. The van der Waals surface area contributed by atoms with Gasteiger partial charge in [-0.2, -0.15) is 5.10 Å². The molecule has 3 rings (SSSR count). The second-order valence-corrected chi connectivity index (χ2v) is 8.11.